The lowest BCUT2D eigenvalue weighted by molar-refractivity contribution is 0.0151. The van der Waals surface area contributed by atoms with Crippen LogP contribution in [0.25, 0.3) is 0 Å². The largest absolute Gasteiger partial charge is 0.323 e. The lowest BCUT2D eigenvalue weighted by atomic mass is 9.75. The van der Waals surface area contributed by atoms with Crippen LogP contribution in [0.1, 0.15) is 43.4 Å². The Morgan fingerprint density at radius 1 is 1.14 bits per heavy atom. The Bertz CT molecular complexity index is 448. The van der Waals surface area contributed by atoms with Crippen molar-refractivity contribution < 1.29 is 0 Å². The second kappa shape index (κ2) is 6.47. The van der Waals surface area contributed by atoms with Crippen LogP contribution < -0.4 is 5.73 Å². The molecule has 118 valence electrons. The Kier molecular flexibility index (Phi) is 5.07. The summed E-state index contributed by atoms with van der Waals surface area (Å²) in [7, 11) is 6.62. The minimum Gasteiger partial charge on any atom is -0.323 e. The molecule has 0 aromatic heterocycles. The van der Waals surface area contributed by atoms with Gasteiger partial charge in [0, 0.05) is 24.2 Å². The molecule has 2 rings (SSSR count). The molecule has 1 saturated carbocycles. The third-order valence-corrected chi connectivity index (χ3v) is 5.45. The van der Waals surface area contributed by atoms with E-state index in [4.69, 9.17) is 5.73 Å². The van der Waals surface area contributed by atoms with Crippen molar-refractivity contribution in [3.63, 3.8) is 0 Å². The molecule has 0 radical (unpaired) electrons. The second-order valence-electron chi connectivity index (χ2n) is 7.06. The van der Waals surface area contributed by atoms with Gasteiger partial charge in [0.2, 0.25) is 0 Å². The fourth-order valence-electron chi connectivity index (χ4n) is 3.28. The molecule has 1 aliphatic carbocycles. The van der Waals surface area contributed by atoms with E-state index >= 15 is 0 Å². The molecule has 0 saturated heterocycles. The summed E-state index contributed by atoms with van der Waals surface area (Å²) in [6.45, 7) is 5.45. The molecule has 21 heavy (non-hydrogen) atoms. The van der Waals surface area contributed by atoms with E-state index in [1.165, 1.54) is 30.4 Å². The second-order valence-corrected chi connectivity index (χ2v) is 7.06. The van der Waals surface area contributed by atoms with Gasteiger partial charge in [-0.2, -0.15) is 0 Å². The highest BCUT2D eigenvalue weighted by atomic mass is 15.2. The molecule has 2 unspecified atom stereocenters. The van der Waals surface area contributed by atoms with Crippen molar-refractivity contribution in [3.8, 4) is 0 Å². The molecule has 1 aromatic rings. The maximum Gasteiger partial charge on any atom is 0.0450 e. The third kappa shape index (κ3) is 3.47. The first-order valence-corrected chi connectivity index (χ1v) is 8.05. The van der Waals surface area contributed by atoms with Crippen LogP contribution in [0.15, 0.2) is 24.3 Å². The zero-order valence-electron chi connectivity index (χ0n) is 14.3. The summed E-state index contributed by atoms with van der Waals surface area (Å²) < 4.78 is 0. The maximum atomic E-state index is 6.49. The Balaban J connectivity index is 2.01. The molecule has 2 atom stereocenters. The highest BCUT2D eigenvalue weighted by Crippen LogP contribution is 2.37. The molecule has 0 spiro atoms. The van der Waals surface area contributed by atoms with Crippen LogP contribution in [0.3, 0.4) is 0 Å². The molecule has 1 aliphatic rings. The van der Waals surface area contributed by atoms with E-state index in [2.05, 4.69) is 69.1 Å². The molecule has 1 aromatic carbocycles. The zero-order valence-corrected chi connectivity index (χ0v) is 14.3. The van der Waals surface area contributed by atoms with Gasteiger partial charge in [-0.25, -0.2) is 0 Å². The number of benzene rings is 1. The molecule has 0 heterocycles. The van der Waals surface area contributed by atoms with E-state index in [1.807, 2.05) is 0 Å². The molecule has 0 amide bonds. The molecular weight excluding hydrogens is 258 g/mol. The molecule has 0 aliphatic heterocycles. The fourth-order valence-corrected chi connectivity index (χ4v) is 3.28. The predicted octanol–water partition coefficient (Wildman–Crippen LogP) is 2.80. The van der Waals surface area contributed by atoms with Gasteiger partial charge >= 0.3 is 0 Å². The minimum absolute atomic E-state index is 0.0647. The maximum absolute atomic E-state index is 6.49. The zero-order chi connectivity index (χ0) is 15.6. The monoisotopic (exact) mass is 289 g/mol. The highest BCUT2D eigenvalue weighted by Gasteiger charge is 2.40. The summed E-state index contributed by atoms with van der Waals surface area (Å²) in [5, 5.41) is 0. The topological polar surface area (TPSA) is 32.5 Å². The Hall–Kier alpha value is -0.900. The average Bonchev–Trinajstić information content (AvgIpc) is 2.41. The van der Waals surface area contributed by atoms with Crippen molar-refractivity contribution >= 4 is 0 Å². The minimum atomic E-state index is 0.0647. The SMILES string of the molecule is Cc1ccc(C(N)C(C)N(C)CC2(N(C)C)CCC2)cc1. The van der Waals surface area contributed by atoms with Crippen molar-refractivity contribution in [1.29, 1.82) is 0 Å². The summed E-state index contributed by atoms with van der Waals surface area (Å²) in [6.07, 6.45) is 3.96. The van der Waals surface area contributed by atoms with Gasteiger partial charge in [0.1, 0.15) is 0 Å². The van der Waals surface area contributed by atoms with Crippen LogP contribution >= 0.6 is 0 Å². The average molecular weight is 289 g/mol. The van der Waals surface area contributed by atoms with Gasteiger partial charge in [-0.3, -0.25) is 4.90 Å². The molecule has 2 N–H and O–H groups in total. The van der Waals surface area contributed by atoms with Gasteiger partial charge < -0.3 is 10.6 Å². The first-order valence-electron chi connectivity index (χ1n) is 8.05. The summed E-state index contributed by atoms with van der Waals surface area (Å²) in [6, 6.07) is 9.02. The third-order valence-electron chi connectivity index (χ3n) is 5.45. The summed E-state index contributed by atoms with van der Waals surface area (Å²) in [5.41, 5.74) is 9.36. The standard InChI is InChI=1S/C18H31N3/c1-14-7-9-16(10-8-14)17(19)15(2)21(5)13-18(20(3)4)11-6-12-18/h7-10,15,17H,6,11-13,19H2,1-5H3. The first-order chi connectivity index (χ1) is 9.85. The van der Waals surface area contributed by atoms with E-state index in [-0.39, 0.29) is 6.04 Å². The summed E-state index contributed by atoms with van der Waals surface area (Å²) in [4.78, 5) is 4.83. The number of aryl methyl sites for hydroxylation is 1. The molecule has 0 bridgehead atoms. The number of rotatable bonds is 6. The Morgan fingerprint density at radius 3 is 2.14 bits per heavy atom. The number of likely N-dealkylation sites (N-methyl/N-ethyl adjacent to an activating group) is 2. The van der Waals surface area contributed by atoms with E-state index in [0.717, 1.165) is 6.54 Å². The quantitative estimate of drug-likeness (QED) is 0.874. The van der Waals surface area contributed by atoms with Crippen LogP contribution in [0.4, 0.5) is 0 Å². The van der Waals surface area contributed by atoms with Gasteiger partial charge in [-0.1, -0.05) is 29.8 Å². The van der Waals surface area contributed by atoms with Crippen LogP contribution in [0.2, 0.25) is 0 Å². The van der Waals surface area contributed by atoms with Crippen LogP contribution in [0, 0.1) is 6.92 Å². The lowest BCUT2D eigenvalue weighted by Gasteiger charge is -2.50. The van der Waals surface area contributed by atoms with Gasteiger partial charge in [-0.05, 0) is 59.8 Å². The van der Waals surface area contributed by atoms with Gasteiger partial charge in [0.15, 0.2) is 0 Å². The predicted molar refractivity (Wildman–Crippen MR) is 90.5 cm³/mol. The summed E-state index contributed by atoms with van der Waals surface area (Å²) >= 11 is 0. The number of nitrogens with zero attached hydrogens (tertiary/aromatic N) is 2. The molecule has 1 fully saturated rings. The number of hydrogen-bond acceptors (Lipinski definition) is 3. The van der Waals surface area contributed by atoms with E-state index in [9.17, 15) is 0 Å². The van der Waals surface area contributed by atoms with E-state index in [1.54, 1.807) is 0 Å². The van der Waals surface area contributed by atoms with Crippen molar-refractivity contribution in [2.24, 2.45) is 5.73 Å². The lowest BCUT2D eigenvalue weighted by Crippen LogP contribution is -2.58. The molecule has 3 heteroatoms. The van der Waals surface area contributed by atoms with Crippen LogP contribution in [0.5, 0.6) is 0 Å². The van der Waals surface area contributed by atoms with E-state index in [0.29, 0.717) is 11.6 Å². The fraction of sp³-hybridized carbons (Fsp3) is 0.667. The smallest absolute Gasteiger partial charge is 0.0450 e. The normalized spacial score (nSPS) is 20.4. The number of nitrogens with two attached hydrogens (primary N) is 1. The van der Waals surface area contributed by atoms with Gasteiger partial charge in [-0.15, -0.1) is 0 Å². The van der Waals surface area contributed by atoms with Crippen molar-refractivity contribution in [1.82, 2.24) is 9.80 Å². The Labute approximate surface area is 130 Å². The summed E-state index contributed by atoms with van der Waals surface area (Å²) in [5.74, 6) is 0. The first kappa shape index (κ1) is 16.5. The van der Waals surface area contributed by atoms with Crippen molar-refractivity contribution in [2.75, 3.05) is 27.7 Å². The van der Waals surface area contributed by atoms with Crippen molar-refractivity contribution in [3.05, 3.63) is 35.4 Å². The van der Waals surface area contributed by atoms with Gasteiger partial charge in [0.05, 0.1) is 0 Å². The van der Waals surface area contributed by atoms with Crippen LogP contribution in [-0.4, -0.2) is 49.1 Å². The van der Waals surface area contributed by atoms with E-state index < -0.39 is 0 Å². The molecular formula is C18H31N3. The van der Waals surface area contributed by atoms with Gasteiger partial charge in [0.25, 0.3) is 0 Å². The van der Waals surface area contributed by atoms with Crippen molar-refractivity contribution in [2.45, 2.75) is 50.7 Å². The highest BCUT2D eigenvalue weighted by molar-refractivity contribution is 5.24. The molecule has 3 nitrogen and oxygen atoms in total. The number of hydrogen-bond donors (Lipinski definition) is 1. The Morgan fingerprint density at radius 2 is 1.71 bits per heavy atom. The van der Waals surface area contributed by atoms with Crippen LogP contribution in [-0.2, 0) is 0 Å².